The number of aryl methyl sites for hydroxylation is 1. The highest BCUT2D eigenvalue weighted by molar-refractivity contribution is 14.1. The van der Waals surface area contributed by atoms with Crippen LogP contribution < -0.4 is 0 Å². The fraction of sp³-hybridized carbons (Fsp3) is 0.100. The second kappa shape index (κ2) is 3.28. The normalized spacial score (nSPS) is 10.2. The number of halogens is 1. The van der Waals surface area contributed by atoms with Crippen LogP contribution in [0.1, 0.15) is 11.1 Å². The summed E-state index contributed by atoms with van der Waals surface area (Å²) in [4.78, 5) is 0. The van der Waals surface area contributed by atoms with E-state index in [0.29, 0.717) is 0 Å². The molecule has 0 amide bonds. The van der Waals surface area contributed by atoms with E-state index >= 15 is 0 Å². The standard InChI is InChI=1S/C10H6INS/c1-6-2-8-7(4-12)5-13-10(8)9(11)3-6/h2-3,5H,1H3. The number of benzene rings is 1. The molecule has 0 unspecified atom stereocenters. The van der Waals surface area contributed by atoms with Gasteiger partial charge in [0, 0.05) is 19.0 Å². The summed E-state index contributed by atoms with van der Waals surface area (Å²) in [6.45, 7) is 2.06. The van der Waals surface area contributed by atoms with E-state index in [1.807, 2.05) is 5.38 Å². The Balaban J connectivity index is 2.92. The van der Waals surface area contributed by atoms with Gasteiger partial charge in [-0.15, -0.1) is 11.3 Å². The number of nitriles is 1. The lowest BCUT2D eigenvalue weighted by Crippen LogP contribution is -1.77. The van der Waals surface area contributed by atoms with Crippen molar-refractivity contribution in [2.45, 2.75) is 6.92 Å². The van der Waals surface area contributed by atoms with Crippen molar-refractivity contribution in [2.75, 3.05) is 0 Å². The monoisotopic (exact) mass is 299 g/mol. The zero-order valence-corrected chi connectivity index (χ0v) is 9.94. The minimum absolute atomic E-state index is 0.793. The first-order valence-electron chi connectivity index (χ1n) is 3.80. The molecule has 1 heterocycles. The Bertz CT molecular complexity index is 507. The highest BCUT2D eigenvalue weighted by Crippen LogP contribution is 2.30. The van der Waals surface area contributed by atoms with Crippen LogP contribution in [-0.2, 0) is 0 Å². The first-order valence-corrected chi connectivity index (χ1v) is 5.75. The van der Waals surface area contributed by atoms with Gasteiger partial charge in [-0.2, -0.15) is 5.26 Å². The van der Waals surface area contributed by atoms with Crippen molar-refractivity contribution in [1.29, 1.82) is 5.26 Å². The molecule has 0 fully saturated rings. The maximum absolute atomic E-state index is 8.86. The number of fused-ring (bicyclic) bond motifs is 1. The van der Waals surface area contributed by atoms with E-state index in [1.54, 1.807) is 11.3 Å². The predicted molar refractivity (Wildman–Crippen MR) is 64.0 cm³/mol. The minimum Gasteiger partial charge on any atom is -0.192 e. The molecule has 0 atom stereocenters. The number of thiophene rings is 1. The Hall–Kier alpha value is -0.600. The largest absolute Gasteiger partial charge is 0.192 e. The first kappa shape index (κ1) is 8.97. The van der Waals surface area contributed by atoms with Crippen molar-refractivity contribution in [3.05, 3.63) is 32.2 Å². The zero-order valence-electron chi connectivity index (χ0n) is 6.97. The van der Waals surface area contributed by atoms with Crippen LogP contribution in [0.25, 0.3) is 10.1 Å². The molecule has 0 saturated heterocycles. The minimum atomic E-state index is 0.793. The fourth-order valence-corrected chi connectivity index (χ4v) is 3.36. The van der Waals surface area contributed by atoms with Gasteiger partial charge in [0.05, 0.1) is 5.56 Å². The van der Waals surface area contributed by atoms with Gasteiger partial charge in [0.1, 0.15) is 6.07 Å². The first-order chi connectivity index (χ1) is 6.22. The molecule has 0 aliphatic rings. The van der Waals surface area contributed by atoms with Crippen LogP contribution in [-0.4, -0.2) is 0 Å². The summed E-state index contributed by atoms with van der Waals surface area (Å²) in [5.41, 5.74) is 2.01. The molecular weight excluding hydrogens is 293 g/mol. The SMILES string of the molecule is Cc1cc(I)c2scc(C#N)c2c1. The van der Waals surface area contributed by atoms with Gasteiger partial charge in [-0.25, -0.2) is 0 Å². The molecule has 0 aliphatic carbocycles. The maximum Gasteiger partial charge on any atom is 0.101 e. The molecule has 0 N–H and O–H groups in total. The van der Waals surface area contributed by atoms with Crippen molar-refractivity contribution in [3.63, 3.8) is 0 Å². The molecule has 64 valence electrons. The third kappa shape index (κ3) is 1.45. The molecule has 1 aromatic carbocycles. The highest BCUT2D eigenvalue weighted by Gasteiger charge is 2.06. The zero-order chi connectivity index (χ0) is 9.42. The molecule has 0 radical (unpaired) electrons. The number of hydrogen-bond donors (Lipinski definition) is 0. The van der Waals surface area contributed by atoms with Crippen molar-refractivity contribution in [2.24, 2.45) is 0 Å². The Kier molecular flexibility index (Phi) is 2.26. The van der Waals surface area contributed by atoms with Crippen molar-refractivity contribution in [1.82, 2.24) is 0 Å². The van der Waals surface area contributed by atoms with Gasteiger partial charge in [-0.05, 0) is 47.2 Å². The quantitative estimate of drug-likeness (QED) is 0.681. The van der Waals surface area contributed by atoms with Crippen LogP contribution in [0.3, 0.4) is 0 Å². The van der Waals surface area contributed by atoms with Crippen LogP contribution in [0.5, 0.6) is 0 Å². The van der Waals surface area contributed by atoms with Gasteiger partial charge in [-0.3, -0.25) is 0 Å². The Labute approximate surface area is 94.1 Å². The van der Waals surface area contributed by atoms with E-state index < -0.39 is 0 Å². The van der Waals surface area contributed by atoms with E-state index in [4.69, 9.17) is 5.26 Å². The molecule has 0 aliphatic heterocycles. The summed E-state index contributed by atoms with van der Waals surface area (Å²) < 4.78 is 2.46. The molecule has 1 aromatic heterocycles. The fourth-order valence-electron chi connectivity index (χ4n) is 1.32. The van der Waals surface area contributed by atoms with Crippen molar-refractivity contribution in [3.8, 4) is 6.07 Å². The maximum atomic E-state index is 8.86. The van der Waals surface area contributed by atoms with Gasteiger partial charge >= 0.3 is 0 Å². The Morgan fingerprint density at radius 2 is 2.23 bits per heavy atom. The van der Waals surface area contributed by atoms with Gasteiger partial charge < -0.3 is 0 Å². The van der Waals surface area contributed by atoms with E-state index in [2.05, 4.69) is 47.7 Å². The van der Waals surface area contributed by atoms with E-state index in [9.17, 15) is 0 Å². The number of hydrogen-bond acceptors (Lipinski definition) is 2. The molecular formula is C10H6INS. The summed E-state index contributed by atoms with van der Waals surface area (Å²) in [6, 6.07) is 6.43. The average molecular weight is 299 g/mol. The van der Waals surface area contributed by atoms with Crippen molar-refractivity contribution < 1.29 is 0 Å². The average Bonchev–Trinajstić information content (AvgIpc) is 2.47. The third-order valence-electron chi connectivity index (χ3n) is 1.89. The molecule has 0 spiro atoms. The summed E-state index contributed by atoms with van der Waals surface area (Å²) in [6.07, 6.45) is 0. The second-order valence-electron chi connectivity index (χ2n) is 2.88. The van der Waals surface area contributed by atoms with Gasteiger partial charge in [0.2, 0.25) is 0 Å². The van der Waals surface area contributed by atoms with Crippen LogP contribution >= 0.6 is 33.9 Å². The van der Waals surface area contributed by atoms with Crippen molar-refractivity contribution >= 4 is 44.0 Å². The number of nitrogens with zero attached hydrogens (tertiary/aromatic N) is 1. The molecule has 2 rings (SSSR count). The lowest BCUT2D eigenvalue weighted by molar-refractivity contribution is 1.48. The van der Waals surface area contributed by atoms with Crippen LogP contribution in [0.4, 0.5) is 0 Å². The summed E-state index contributed by atoms with van der Waals surface area (Å²) >= 11 is 3.96. The molecule has 3 heteroatoms. The predicted octanol–water partition coefficient (Wildman–Crippen LogP) is 3.69. The van der Waals surface area contributed by atoms with E-state index in [-0.39, 0.29) is 0 Å². The topological polar surface area (TPSA) is 23.8 Å². The molecule has 0 bridgehead atoms. The summed E-state index contributed by atoms with van der Waals surface area (Å²) in [5.74, 6) is 0. The third-order valence-corrected chi connectivity index (χ3v) is 4.14. The van der Waals surface area contributed by atoms with Crippen LogP contribution in [0.15, 0.2) is 17.5 Å². The lowest BCUT2D eigenvalue weighted by Gasteiger charge is -1.96. The van der Waals surface area contributed by atoms with E-state index in [0.717, 1.165) is 10.9 Å². The van der Waals surface area contributed by atoms with Crippen LogP contribution in [0.2, 0.25) is 0 Å². The molecule has 2 aromatic rings. The lowest BCUT2D eigenvalue weighted by atomic mass is 10.1. The van der Waals surface area contributed by atoms with Crippen LogP contribution in [0, 0.1) is 21.8 Å². The van der Waals surface area contributed by atoms with Gasteiger partial charge in [-0.1, -0.05) is 0 Å². The van der Waals surface area contributed by atoms with Gasteiger partial charge in [0.15, 0.2) is 0 Å². The van der Waals surface area contributed by atoms with E-state index in [1.165, 1.54) is 13.8 Å². The Morgan fingerprint density at radius 1 is 1.46 bits per heavy atom. The highest BCUT2D eigenvalue weighted by atomic mass is 127. The second-order valence-corrected chi connectivity index (χ2v) is 4.93. The van der Waals surface area contributed by atoms with Gasteiger partial charge in [0.25, 0.3) is 0 Å². The molecule has 0 saturated carbocycles. The number of rotatable bonds is 0. The molecule has 13 heavy (non-hydrogen) atoms. The molecule has 1 nitrogen and oxygen atoms in total. The summed E-state index contributed by atoms with van der Waals surface area (Å²) in [5, 5.41) is 11.9. The smallest absolute Gasteiger partial charge is 0.101 e. The Morgan fingerprint density at radius 3 is 2.92 bits per heavy atom. The summed E-state index contributed by atoms with van der Waals surface area (Å²) in [7, 11) is 0.